The molecule has 0 atom stereocenters. The van der Waals surface area contributed by atoms with E-state index in [2.05, 4.69) is 33.0 Å². The molecule has 1 aliphatic rings. The van der Waals surface area contributed by atoms with Gasteiger partial charge in [0.25, 0.3) is 0 Å². The first-order valence-electron chi connectivity index (χ1n) is 7.23. The van der Waals surface area contributed by atoms with Gasteiger partial charge in [0, 0.05) is 22.9 Å². The maximum atomic E-state index is 4.89. The van der Waals surface area contributed by atoms with Crippen molar-refractivity contribution in [2.24, 2.45) is 0 Å². The number of thiazole rings is 1. The molecule has 1 N–H and O–H groups in total. The molecule has 1 fully saturated rings. The molecular weight excluding hydrogens is 240 g/mol. The molecule has 1 heterocycles. The molecule has 1 aromatic rings. The van der Waals surface area contributed by atoms with Gasteiger partial charge in [-0.2, -0.15) is 0 Å². The van der Waals surface area contributed by atoms with Crippen molar-refractivity contribution in [1.29, 1.82) is 0 Å². The van der Waals surface area contributed by atoms with Crippen molar-refractivity contribution in [1.82, 2.24) is 10.3 Å². The predicted octanol–water partition coefficient (Wildman–Crippen LogP) is 4.25. The van der Waals surface area contributed by atoms with E-state index in [1.165, 1.54) is 41.3 Å². The molecule has 3 heteroatoms. The first-order valence-corrected chi connectivity index (χ1v) is 8.04. The van der Waals surface area contributed by atoms with E-state index in [-0.39, 0.29) is 5.54 Å². The second-order valence-electron chi connectivity index (χ2n) is 6.40. The minimum Gasteiger partial charge on any atom is -0.307 e. The lowest BCUT2D eigenvalue weighted by molar-refractivity contribution is 0.425. The maximum Gasteiger partial charge on any atom is 0.0931 e. The smallest absolute Gasteiger partial charge is 0.0931 e. The molecule has 1 aromatic heterocycles. The fraction of sp³-hybridized carbons (Fsp3) is 0.800. The summed E-state index contributed by atoms with van der Waals surface area (Å²) in [6.45, 7) is 9.91. The van der Waals surface area contributed by atoms with Crippen LogP contribution in [0.1, 0.15) is 74.9 Å². The highest BCUT2D eigenvalue weighted by molar-refractivity contribution is 7.11. The van der Waals surface area contributed by atoms with Crippen LogP contribution >= 0.6 is 11.3 Å². The van der Waals surface area contributed by atoms with Gasteiger partial charge in [0.1, 0.15) is 0 Å². The molecule has 2 rings (SSSR count). The lowest BCUT2D eigenvalue weighted by Gasteiger charge is -2.20. The summed E-state index contributed by atoms with van der Waals surface area (Å²) in [6.07, 6.45) is 6.38. The topological polar surface area (TPSA) is 24.9 Å². The molecular formula is C15H26N2S. The van der Waals surface area contributed by atoms with Crippen molar-refractivity contribution in [2.75, 3.05) is 0 Å². The zero-order valence-electron chi connectivity index (χ0n) is 12.2. The number of nitrogens with one attached hydrogen (secondary N) is 1. The third kappa shape index (κ3) is 4.06. The Hall–Kier alpha value is -0.410. The number of rotatable bonds is 6. The summed E-state index contributed by atoms with van der Waals surface area (Å²) in [5.74, 6) is 0.772. The fourth-order valence-corrected chi connectivity index (χ4v) is 3.13. The highest BCUT2D eigenvalue weighted by Crippen LogP contribution is 2.42. The van der Waals surface area contributed by atoms with E-state index in [4.69, 9.17) is 4.98 Å². The Morgan fingerprint density at radius 2 is 2.06 bits per heavy atom. The third-order valence-electron chi connectivity index (χ3n) is 3.26. The molecule has 0 bridgehead atoms. The van der Waals surface area contributed by atoms with Crippen LogP contribution in [0.4, 0.5) is 0 Å². The van der Waals surface area contributed by atoms with Crippen LogP contribution in [0.15, 0.2) is 0 Å². The van der Waals surface area contributed by atoms with Crippen LogP contribution in [0.3, 0.4) is 0 Å². The van der Waals surface area contributed by atoms with Gasteiger partial charge in [0.15, 0.2) is 0 Å². The summed E-state index contributed by atoms with van der Waals surface area (Å²) in [7, 11) is 0. The molecule has 1 aliphatic carbocycles. The van der Waals surface area contributed by atoms with Gasteiger partial charge in [0.2, 0.25) is 0 Å². The Kier molecular flexibility index (Phi) is 4.44. The summed E-state index contributed by atoms with van der Waals surface area (Å²) in [4.78, 5) is 6.37. The van der Waals surface area contributed by atoms with Crippen LogP contribution in [0.25, 0.3) is 0 Å². The zero-order chi connectivity index (χ0) is 13.2. The van der Waals surface area contributed by atoms with Crippen LogP contribution in [0.2, 0.25) is 0 Å². The number of hydrogen-bond donors (Lipinski definition) is 1. The lowest BCUT2D eigenvalue weighted by Crippen LogP contribution is -2.35. The third-order valence-corrected chi connectivity index (χ3v) is 4.39. The average Bonchev–Trinajstić information content (AvgIpc) is 3.05. The van der Waals surface area contributed by atoms with E-state index in [1.807, 2.05) is 11.3 Å². The SMILES string of the molecule is CCCCc1nc(C2CC2)c(CNC(C)(C)C)s1. The standard InChI is InChI=1S/C15H26N2S/c1-5-6-7-13-17-14(11-8-9-11)12(18-13)10-16-15(2,3)4/h11,16H,5-10H2,1-4H3. The van der Waals surface area contributed by atoms with E-state index in [1.54, 1.807) is 0 Å². The van der Waals surface area contributed by atoms with Gasteiger partial charge in [-0.05, 0) is 46.5 Å². The lowest BCUT2D eigenvalue weighted by atomic mass is 10.1. The van der Waals surface area contributed by atoms with Gasteiger partial charge in [-0.15, -0.1) is 11.3 Å². The van der Waals surface area contributed by atoms with Crippen LogP contribution in [0, 0.1) is 0 Å². The molecule has 102 valence electrons. The maximum absolute atomic E-state index is 4.89. The second-order valence-corrected chi connectivity index (χ2v) is 7.57. The fourth-order valence-electron chi connectivity index (χ4n) is 2.00. The van der Waals surface area contributed by atoms with E-state index >= 15 is 0 Å². The Morgan fingerprint density at radius 3 is 2.61 bits per heavy atom. The molecule has 0 amide bonds. The van der Waals surface area contributed by atoms with Gasteiger partial charge >= 0.3 is 0 Å². The van der Waals surface area contributed by atoms with Crippen LogP contribution in [0.5, 0.6) is 0 Å². The minimum absolute atomic E-state index is 0.189. The van der Waals surface area contributed by atoms with Crippen LogP contribution in [-0.2, 0) is 13.0 Å². The second kappa shape index (κ2) is 5.70. The molecule has 0 spiro atoms. The van der Waals surface area contributed by atoms with Crippen molar-refractivity contribution >= 4 is 11.3 Å². The van der Waals surface area contributed by atoms with Gasteiger partial charge in [0.05, 0.1) is 10.7 Å². The summed E-state index contributed by atoms with van der Waals surface area (Å²) >= 11 is 1.93. The number of hydrogen-bond acceptors (Lipinski definition) is 3. The van der Waals surface area contributed by atoms with E-state index in [9.17, 15) is 0 Å². The van der Waals surface area contributed by atoms with Gasteiger partial charge in [-0.1, -0.05) is 13.3 Å². The summed E-state index contributed by atoms with van der Waals surface area (Å²) in [5.41, 5.74) is 1.59. The largest absolute Gasteiger partial charge is 0.307 e. The Morgan fingerprint density at radius 1 is 1.33 bits per heavy atom. The summed E-state index contributed by atoms with van der Waals surface area (Å²) in [5, 5.41) is 4.95. The molecule has 0 radical (unpaired) electrons. The van der Waals surface area contributed by atoms with Gasteiger partial charge in [-0.3, -0.25) is 0 Å². The Labute approximate surface area is 115 Å². The van der Waals surface area contributed by atoms with E-state index in [0.29, 0.717) is 0 Å². The van der Waals surface area contributed by atoms with Crippen molar-refractivity contribution in [3.63, 3.8) is 0 Å². The van der Waals surface area contributed by atoms with E-state index in [0.717, 1.165) is 18.9 Å². The van der Waals surface area contributed by atoms with Crippen molar-refractivity contribution in [3.05, 3.63) is 15.6 Å². The first kappa shape index (κ1) is 14.0. The summed E-state index contributed by atoms with van der Waals surface area (Å²) < 4.78 is 0. The molecule has 0 saturated heterocycles. The Bertz CT molecular complexity index is 386. The number of aromatic nitrogens is 1. The molecule has 2 nitrogen and oxygen atoms in total. The molecule has 0 aromatic carbocycles. The van der Waals surface area contributed by atoms with Crippen molar-refractivity contribution < 1.29 is 0 Å². The van der Waals surface area contributed by atoms with Crippen molar-refractivity contribution in [3.8, 4) is 0 Å². The van der Waals surface area contributed by atoms with Crippen molar-refractivity contribution in [2.45, 2.75) is 77.8 Å². The zero-order valence-corrected chi connectivity index (χ0v) is 13.0. The van der Waals surface area contributed by atoms with Crippen LogP contribution < -0.4 is 5.32 Å². The highest BCUT2D eigenvalue weighted by atomic mass is 32.1. The van der Waals surface area contributed by atoms with Gasteiger partial charge < -0.3 is 5.32 Å². The molecule has 0 unspecified atom stereocenters. The molecule has 18 heavy (non-hydrogen) atoms. The van der Waals surface area contributed by atoms with E-state index < -0.39 is 0 Å². The first-order chi connectivity index (χ1) is 8.49. The number of unbranched alkanes of at least 4 members (excludes halogenated alkanes) is 1. The molecule has 1 saturated carbocycles. The van der Waals surface area contributed by atoms with Crippen LogP contribution in [-0.4, -0.2) is 10.5 Å². The summed E-state index contributed by atoms with van der Waals surface area (Å²) in [6, 6.07) is 0. The molecule has 0 aliphatic heterocycles. The highest BCUT2D eigenvalue weighted by Gasteiger charge is 2.29. The quantitative estimate of drug-likeness (QED) is 0.832. The minimum atomic E-state index is 0.189. The average molecular weight is 266 g/mol. The number of aryl methyl sites for hydroxylation is 1. The predicted molar refractivity (Wildman–Crippen MR) is 79.3 cm³/mol. The normalized spacial score (nSPS) is 16.2. The Balaban J connectivity index is 2.04. The van der Waals surface area contributed by atoms with Gasteiger partial charge in [-0.25, -0.2) is 4.98 Å². The number of nitrogens with zero attached hydrogens (tertiary/aromatic N) is 1. The monoisotopic (exact) mass is 266 g/mol.